The molecule has 1 aromatic rings. The fourth-order valence-electron chi connectivity index (χ4n) is 1.67. The summed E-state index contributed by atoms with van der Waals surface area (Å²) in [6.45, 7) is 2.79. The molecule has 102 valence electrons. The zero-order chi connectivity index (χ0) is 13.6. The van der Waals surface area contributed by atoms with Gasteiger partial charge in [-0.3, -0.25) is 4.31 Å². The van der Waals surface area contributed by atoms with E-state index in [9.17, 15) is 8.42 Å². The Morgan fingerprint density at radius 1 is 1.22 bits per heavy atom. The molecule has 0 fully saturated rings. The zero-order valence-electron chi connectivity index (χ0n) is 11.3. The molecular formula is C13H22N2O2S. The predicted molar refractivity (Wildman–Crippen MR) is 76.6 cm³/mol. The molecule has 0 saturated carbocycles. The SMILES string of the molecule is CCc1ccc(N(C)S(=O)(=O)CCCNC)cc1. The van der Waals surface area contributed by atoms with Crippen LogP contribution >= 0.6 is 0 Å². The molecule has 4 nitrogen and oxygen atoms in total. The van der Waals surface area contributed by atoms with Crippen molar-refractivity contribution >= 4 is 15.7 Å². The van der Waals surface area contributed by atoms with Crippen LogP contribution in [0.15, 0.2) is 24.3 Å². The fourth-order valence-corrected chi connectivity index (χ4v) is 2.90. The summed E-state index contributed by atoms with van der Waals surface area (Å²) in [6.07, 6.45) is 1.58. The van der Waals surface area contributed by atoms with E-state index in [0.29, 0.717) is 13.0 Å². The maximum atomic E-state index is 12.1. The molecule has 0 spiro atoms. The van der Waals surface area contributed by atoms with Crippen LogP contribution in [0.4, 0.5) is 5.69 Å². The number of benzene rings is 1. The van der Waals surface area contributed by atoms with Crippen LogP contribution in [0.5, 0.6) is 0 Å². The van der Waals surface area contributed by atoms with Crippen molar-refractivity contribution in [2.45, 2.75) is 19.8 Å². The van der Waals surface area contributed by atoms with E-state index in [1.165, 1.54) is 9.87 Å². The Bertz CT molecular complexity index is 454. The second-order valence-corrected chi connectivity index (χ2v) is 6.38. The van der Waals surface area contributed by atoms with E-state index < -0.39 is 10.0 Å². The molecule has 1 N–H and O–H groups in total. The van der Waals surface area contributed by atoms with Crippen LogP contribution in [0, 0.1) is 0 Å². The highest BCUT2D eigenvalue weighted by Gasteiger charge is 2.17. The largest absolute Gasteiger partial charge is 0.320 e. The lowest BCUT2D eigenvalue weighted by Gasteiger charge is -2.19. The van der Waals surface area contributed by atoms with Gasteiger partial charge in [0.05, 0.1) is 11.4 Å². The van der Waals surface area contributed by atoms with E-state index in [4.69, 9.17) is 0 Å². The molecule has 0 aliphatic heterocycles. The Balaban J connectivity index is 2.75. The molecule has 18 heavy (non-hydrogen) atoms. The first-order valence-corrected chi connectivity index (χ1v) is 7.82. The molecule has 0 aliphatic rings. The minimum Gasteiger partial charge on any atom is -0.320 e. The van der Waals surface area contributed by atoms with Crippen molar-refractivity contribution in [3.05, 3.63) is 29.8 Å². The van der Waals surface area contributed by atoms with Crippen LogP contribution in [0.1, 0.15) is 18.9 Å². The van der Waals surface area contributed by atoms with E-state index in [1.807, 2.05) is 31.3 Å². The molecule has 1 rings (SSSR count). The number of hydrogen-bond acceptors (Lipinski definition) is 3. The van der Waals surface area contributed by atoms with Crippen LogP contribution < -0.4 is 9.62 Å². The molecule has 0 amide bonds. The Morgan fingerprint density at radius 2 is 1.83 bits per heavy atom. The van der Waals surface area contributed by atoms with Crippen molar-refractivity contribution in [2.75, 3.05) is 30.7 Å². The molecule has 0 bridgehead atoms. The standard InChI is InChI=1S/C13H22N2O2S/c1-4-12-6-8-13(9-7-12)15(3)18(16,17)11-5-10-14-2/h6-9,14H,4-5,10-11H2,1-3H3. The maximum Gasteiger partial charge on any atom is 0.234 e. The van der Waals surface area contributed by atoms with E-state index >= 15 is 0 Å². The van der Waals surface area contributed by atoms with E-state index in [-0.39, 0.29) is 5.75 Å². The minimum absolute atomic E-state index is 0.167. The van der Waals surface area contributed by atoms with Crippen LogP contribution in [0.2, 0.25) is 0 Å². The highest BCUT2D eigenvalue weighted by atomic mass is 32.2. The Kier molecular flexibility index (Phi) is 5.62. The summed E-state index contributed by atoms with van der Waals surface area (Å²) >= 11 is 0. The third-order valence-corrected chi connectivity index (χ3v) is 4.80. The summed E-state index contributed by atoms with van der Waals surface area (Å²) in [7, 11) is 0.214. The lowest BCUT2D eigenvalue weighted by Crippen LogP contribution is -2.30. The summed E-state index contributed by atoms with van der Waals surface area (Å²) in [4.78, 5) is 0. The van der Waals surface area contributed by atoms with Gasteiger partial charge in [-0.05, 0) is 44.1 Å². The maximum absolute atomic E-state index is 12.1. The topological polar surface area (TPSA) is 49.4 Å². The molecule has 1 aromatic carbocycles. The van der Waals surface area contributed by atoms with Crippen molar-refractivity contribution in [2.24, 2.45) is 0 Å². The molecule has 0 aliphatic carbocycles. The number of rotatable bonds is 7. The van der Waals surface area contributed by atoms with Crippen molar-refractivity contribution in [1.29, 1.82) is 0 Å². The Hall–Kier alpha value is -1.07. The Labute approximate surface area is 110 Å². The van der Waals surface area contributed by atoms with E-state index in [0.717, 1.165) is 12.1 Å². The van der Waals surface area contributed by atoms with E-state index in [1.54, 1.807) is 7.05 Å². The molecule has 0 heterocycles. The number of hydrogen-bond donors (Lipinski definition) is 1. The lowest BCUT2D eigenvalue weighted by molar-refractivity contribution is 0.590. The highest BCUT2D eigenvalue weighted by Crippen LogP contribution is 2.17. The first-order valence-electron chi connectivity index (χ1n) is 6.21. The van der Waals surface area contributed by atoms with Gasteiger partial charge in [-0.2, -0.15) is 0 Å². The second-order valence-electron chi connectivity index (χ2n) is 4.26. The average molecular weight is 270 g/mol. The van der Waals surface area contributed by atoms with Crippen molar-refractivity contribution in [3.8, 4) is 0 Å². The van der Waals surface area contributed by atoms with E-state index in [2.05, 4.69) is 12.2 Å². The molecule has 0 radical (unpaired) electrons. The van der Waals surface area contributed by atoms with Crippen LogP contribution in [0.3, 0.4) is 0 Å². The third-order valence-electron chi connectivity index (χ3n) is 2.95. The number of nitrogens with one attached hydrogen (secondary N) is 1. The number of sulfonamides is 1. The first-order chi connectivity index (χ1) is 8.51. The van der Waals surface area contributed by atoms with Gasteiger partial charge >= 0.3 is 0 Å². The molecule has 0 unspecified atom stereocenters. The average Bonchev–Trinajstić information content (AvgIpc) is 2.38. The predicted octanol–water partition coefficient (Wildman–Crippen LogP) is 1.62. The monoisotopic (exact) mass is 270 g/mol. The number of nitrogens with zero attached hydrogens (tertiary/aromatic N) is 1. The second kappa shape index (κ2) is 6.75. The summed E-state index contributed by atoms with van der Waals surface area (Å²) in [5.74, 6) is 0.167. The van der Waals surface area contributed by atoms with Gasteiger partial charge < -0.3 is 5.32 Å². The number of aryl methyl sites for hydroxylation is 1. The number of anilines is 1. The summed E-state index contributed by atoms with van der Waals surface area (Å²) in [5, 5.41) is 2.95. The van der Waals surface area contributed by atoms with Gasteiger partial charge in [-0.25, -0.2) is 8.42 Å². The van der Waals surface area contributed by atoms with Crippen molar-refractivity contribution < 1.29 is 8.42 Å². The zero-order valence-corrected chi connectivity index (χ0v) is 12.1. The fraction of sp³-hybridized carbons (Fsp3) is 0.538. The highest BCUT2D eigenvalue weighted by molar-refractivity contribution is 7.92. The quantitative estimate of drug-likeness (QED) is 0.766. The van der Waals surface area contributed by atoms with Gasteiger partial charge in [-0.15, -0.1) is 0 Å². The third kappa shape index (κ3) is 3.99. The van der Waals surface area contributed by atoms with Crippen LogP contribution in [-0.2, 0) is 16.4 Å². The Morgan fingerprint density at radius 3 is 2.33 bits per heavy atom. The molecule has 0 saturated heterocycles. The first kappa shape index (κ1) is 15.0. The van der Waals surface area contributed by atoms with Gasteiger partial charge in [0.2, 0.25) is 10.0 Å². The summed E-state index contributed by atoms with van der Waals surface area (Å²) in [5.41, 5.74) is 1.93. The van der Waals surface area contributed by atoms with Crippen molar-refractivity contribution in [3.63, 3.8) is 0 Å². The molecule has 0 aromatic heterocycles. The van der Waals surface area contributed by atoms with Gasteiger partial charge in [-0.1, -0.05) is 19.1 Å². The molecule has 5 heteroatoms. The normalized spacial score (nSPS) is 11.5. The minimum atomic E-state index is -3.21. The van der Waals surface area contributed by atoms with Gasteiger partial charge in [0.15, 0.2) is 0 Å². The summed E-state index contributed by atoms with van der Waals surface area (Å²) in [6, 6.07) is 7.65. The van der Waals surface area contributed by atoms with Gasteiger partial charge in [0.1, 0.15) is 0 Å². The molecular weight excluding hydrogens is 248 g/mol. The summed E-state index contributed by atoms with van der Waals surface area (Å²) < 4.78 is 25.5. The van der Waals surface area contributed by atoms with Gasteiger partial charge in [0, 0.05) is 7.05 Å². The molecule has 0 atom stereocenters. The lowest BCUT2D eigenvalue weighted by atomic mass is 10.1. The van der Waals surface area contributed by atoms with Gasteiger partial charge in [0.25, 0.3) is 0 Å². The van der Waals surface area contributed by atoms with Crippen LogP contribution in [0.25, 0.3) is 0 Å². The van der Waals surface area contributed by atoms with Crippen LogP contribution in [-0.4, -0.2) is 34.8 Å². The smallest absolute Gasteiger partial charge is 0.234 e. The van der Waals surface area contributed by atoms with Crippen molar-refractivity contribution in [1.82, 2.24) is 5.32 Å².